The number of thiazole rings is 1. The molecule has 0 unspecified atom stereocenters. The molecule has 2 aromatic carbocycles. The van der Waals surface area contributed by atoms with Crippen LogP contribution in [0.25, 0.3) is 10.2 Å². The summed E-state index contributed by atoms with van der Waals surface area (Å²) in [5.74, 6) is -0.0582. The van der Waals surface area contributed by atoms with Gasteiger partial charge in [-0.3, -0.25) is 0 Å². The van der Waals surface area contributed by atoms with E-state index < -0.39 is 28.3 Å². The Balaban J connectivity index is 1.35. The molecule has 13 heteroatoms. The van der Waals surface area contributed by atoms with Crippen LogP contribution in [0.1, 0.15) is 53.0 Å². The van der Waals surface area contributed by atoms with E-state index in [1.165, 1.54) is 15.6 Å². The molecule has 5 atom stereocenters. The van der Waals surface area contributed by atoms with Crippen molar-refractivity contribution in [2.75, 3.05) is 31.6 Å². The number of nitrogens with one attached hydrogen (secondary N) is 2. The van der Waals surface area contributed by atoms with Gasteiger partial charge in [-0.1, -0.05) is 55.5 Å². The lowest BCUT2D eigenvalue weighted by atomic mass is 9.95. The summed E-state index contributed by atoms with van der Waals surface area (Å²) >= 11 is 1.40. The molecule has 0 radical (unpaired) electrons. The quantitative estimate of drug-likeness (QED) is 0.242. The lowest BCUT2D eigenvalue weighted by Gasteiger charge is -2.33. The van der Waals surface area contributed by atoms with E-state index in [1.807, 2.05) is 65.0 Å². The van der Waals surface area contributed by atoms with E-state index in [4.69, 9.17) is 14.2 Å². The maximum absolute atomic E-state index is 14.1. The molecule has 1 amide bonds. The molecule has 11 nitrogen and oxygen atoms in total. The molecular formula is C33H46N4O7S2. The highest BCUT2D eigenvalue weighted by Crippen LogP contribution is 2.33. The number of benzene rings is 2. The van der Waals surface area contributed by atoms with Crippen molar-refractivity contribution >= 4 is 42.8 Å². The van der Waals surface area contributed by atoms with Crippen LogP contribution in [0.3, 0.4) is 0 Å². The summed E-state index contributed by atoms with van der Waals surface area (Å²) in [5.41, 5.74) is 1.40. The number of carbonyl (C=O) groups is 1. The number of ether oxygens (including phenoxy) is 3. The van der Waals surface area contributed by atoms with Gasteiger partial charge in [0.1, 0.15) is 6.10 Å². The molecule has 252 valence electrons. The number of fused-ring (bicyclic) bond motifs is 2. The number of rotatable bonds is 12. The molecule has 0 saturated carbocycles. The largest absolute Gasteiger partial charge is 0.446 e. The fourth-order valence-electron chi connectivity index (χ4n) is 5.85. The number of sulfonamides is 1. The van der Waals surface area contributed by atoms with Gasteiger partial charge in [0, 0.05) is 31.0 Å². The summed E-state index contributed by atoms with van der Waals surface area (Å²) in [4.78, 5) is 18.0. The lowest BCUT2D eigenvalue weighted by Crippen LogP contribution is -2.52. The minimum Gasteiger partial charge on any atom is -0.446 e. The van der Waals surface area contributed by atoms with Crippen LogP contribution in [-0.2, 0) is 30.7 Å². The Bertz CT molecular complexity index is 1580. The third-order valence-corrected chi connectivity index (χ3v) is 10.8. The Hall–Kier alpha value is -2.81. The number of nitrogens with zero attached hydrogens (tertiary/aromatic N) is 2. The van der Waals surface area contributed by atoms with Crippen LogP contribution in [0.5, 0.6) is 0 Å². The first-order chi connectivity index (χ1) is 21.8. The molecule has 3 N–H and O–H groups in total. The first-order valence-electron chi connectivity index (χ1n) is 15.9. The van der Waals surface area contributed by atoms with E-state index in [0.717, 1.165) is 16.7 Å². The number of alkyl carbamates (subject to hydrolysis) is 1. The lowest BCUT2D eigenvalue weighted by molar-refractivity contribution is -0.179. The zero-order valence-electron chi connectivity index (χ0n) is 27.1. The third kappa shape index (κ3) is 8.75. The van der Waals surface area contributed by atoms with Crippen molar-refractivity contribution in [3.63, 3.8) is 0 Å². The van der Waals surface area contributed by atoms with Crippen LogP contribution >= 0.6 is 11.3 Å². The summed E-state index contributed by atoms with van der Waals surface area (Å²) in [6.45, 7) is 10.9. The van der Waals surface area contributed by atoms with Gasteiger partial charge in [0.25, 0.3) is 0 Å². The molecule has 2 fully saturated rings. The predicted molar refractivity (Wildman–Crippen MR) is 178 cm³/mol. The Kier molecular flexibility index (Phi) is 10.9. The summed E-state index contributed by atoms with van der Waals surface area (Å²) in [5, 5.41) is 18.5. The van der Waals surface area contributed by atoms with Crippen LogP contribution < -0.4 is 10.6 Å². The number of carbonyl (C=O) groups excluding carboxylic acids is 1. The number of aliphatic hydroxyl groups is 1. The Labute approximate surface area is 275 Å². The highest BCUT2D eigenvalue weighted by atomic mass is 32.2. The number of aromatic nitrogens is 1. The fraction of sp³-hybridized carbons (Fsp3) is 0.576. The van der Waals surface area contributed by atoms with Gasteiger partial charge in [-0.15, -0.1) is 0 Å². The molecule has 3 heterocycles. The Morgan fingerprint density at radius 3 is 2.52 bits per heavy atom. The van der Waals surface area contributed by atoms with Crippen molar-refractivity contribution in [3.05, 3.63) is 54.1 Å². The summed E-state index contributed by atoms with van der Waals surface area (Å²) in [6, 6.07) is 13.6. The number of anilines is 1. The van der Waals surface area contributed by atoms with E-state index in [2.05, 4.69) is 15.6 Å². The highest BCUT2D eigenvalue weighted by Gasteiger charge is 2.41. The Morgan fingerprint density at radius 1 is 1.11 bits per heavy atom. The van der Waals surface area contributed by atoms with Crippen molar-refractivity contribution in [1.29, 1.82) is 0 Å². The average molecular weight is 675 g/mol. The van der Waals surface area contributed by atoms with Crippen molar-refractivity contribution < 1.29 is 32.5 Å². The van der Waals surface area contributed by atoms with Crippen molar-refractivity contribution in [2.45, 2.75) is 88.9 Å². The van der Waals surface area contributed by atoms with Gasteiger partial charge in [-0.05, 0) is 63.3 Å². The normalized spacial score (nSPS) is 21.7. The molecular weight excluding hydrogens is 629 g/mol. The van der Waals surface area contributed by atoms with Gasteiger partial charge in [-0.25, -0.2) is 18.2 Å². The summed E-state index contributed by atoms with van der Waals surface area (Å²) in [7, 11) is -4.02. The van der Waals surface area contributed by atoms with Gasteiger partial charge < -0.3 is 30.0 Å². The van der Waals surface area contributed by atoms with E-state index in [-0.39, 0.29) is 54.2 Å². The molecule has 0 bridgehead atoms. The molecule has 2 aliphatic rings. The van der Waals surface area contributed by atoms with Crippen molar-refractivity contribution in [3.8, 4) is 0 Å². The van der Waals surface area contributed by atoms with Crippen LogP contribution in [0.2, 0.25) is 0 Å². The molecule has 46 heavy (non-hydrogen) atoms. The van der Waals surface area contributed by atoms with Crippen LogP contribution in [0, 0.1) is 11.8 Å². The topological polar surface area (TPSA) is 139 Å². The monoisotopic (exact) mass is 674 g/mol. The van der Waals surface area contributed by atoms with Gasteiger partial charge in [0.15, 0.2) is 11.4 Å². The molecule has 0 aliphatic carbocycles. The van der Waals surface area contributed by atoms with Gasteiger partial charge >= 0.3 is 6.09 Å². The maximum atomic E-state index is 14.1. The fourth-order valence-corrected chi connectivity index (χ4v) is 8.69. The standard InChI is InChI=1S/C33H46N4O7S2/c1-21(2)19-37(46(40,41)23-11-12-25-29(18-23)45-31(34-25)36-33(3,4)5)20-27(38)26(17-22-9-7-6-8-10-22)35-32(39)44-28-14-16-43-30-24(28)13-15-42-30/h6-12,18,21,24,26-28,30,38H,13-17,19-20H2,1-5H3,(H,34,36)(H,35,39)/t24-,26-,27+,28-,30+/m0/s1. The third-order valence-electron chi connectivity index (χ3n) is 8.01. The minimum atomic E-state index is -4.02. The second-order valence-corrected chi connectivity index (χ2v) is 16.5. The number of aliphatic hydroxyl groups excluding tert-OH is 1. The highest BCUT2D eigenvalue weighted by molar-refractivity contribution is 7.89. The molecule has 0 spiro atoms. The number of amides is 1. The van der Waals surface area contributed by atoms with E-state index in [1.54, 1.807) is 18.2 Å². The Morgan fingerprint density at radius 2 is 1.83 bits per heavy atom. The van der Waals surface area contributed by atoms with E-state index in [9.17, 15) is 18.3 Å². The first-order valence-corrected chi connectivity index (χ1v) is 18.2. The second-order valence-electron chi connectivity index (χ2n) is 13.5. The average Bonchev–Trinajstić information content (AvgIpc) is 3.62. The first kappa shape index (κ1) is 34.5. The zero-order valence-corrected chi connectivity index (χ0v) is 28.8. The predicted octanol–water partition coefficient (Wildman–Crippen LogP) is 5.00. The summed E-state index contributed by atoms with van der Waals surface area (Å²) < 4.78 is 47.4. The molecule has 2 saturated heterocycles. The van der Waals surface area contributed by atoms with Gasteiger partial charge in [-0.2, -0.15) is 4.31 Å². The number of hydrogen-bond donors (Lipinski definition) is 3. The van der Waals surface area contributed by atoms with Gasteiger partial charge in [0.2, 0.25) is 10.0 Å². The van der Waals surface area contributed by atoms with Gasteiger partial charge in [0.05, 0.1) is 40.5 Å². The smallest absolute Gasteiger partial charge is 0.407 e. The number of hydrogen-bond acceptors (Lipinski definition) is 10. The SMILES string of the molecule is CC(C)CN(C[C@@H](O)[C@H](Cc1ccccc1)NC(=O)O[C@H]1CCO[C@H]2OCC[C@H]21)S(=O)(=O)c1ccc2nc(NC(C)(C)C)sc2c1. The van der Waals surface area contributed by atoms with Crippen LogP contribution in [0.4, 0.5) is 9.93 Å². The molecule has 1 aromatic heterocycles. The van der Waals surface area contributed by atoms with Crippen molar-refractivity contribution in [1.82, 2.24) is 14.6 Å². The molecule has 5 rings (SSSR count). The van der Waals surface area contributed by atoms with Crippen molar-refractivity contribution in [2.24, 2.45) is 11.8 Å². The van der Waals surface area contributed by atoms with Crippen LogP contribution in [0.15, 0.2) is 53.4 Å². The molecule has 2 aliphatic heterocycles. The minimum absolute atomic E-state index is 0.0164. The van der Waals surface area contributed by atoms with Crippen LogP contribution in [-0.4, -0.2) is 85.3 Å². The summed E-state index contributed by atoms with van der Waals surface area (Å²) in [6.07, 6.45) is -1.05. The molecule has 3 aromatic rings. The van der Waals surface area contributed by atoms with E-state index in [0.29, 0.717) is 30.3 Å². The second kappa shape index (κ2) is 14.5. The zero-order chi connectivity index (χ0) is 33.1. The van der Waals surface area contributed by atoms with E-state index >= 15 is 0 Å². The maximum Gasteiger partial charge on any atom is 0.407 e.